The van der Waals surface area contributed by atoms with E-state index < -0.39 is 20.4 Å². The number of aliphatic hydroxyl groups excluding tert-OH is 1. The van der Waals surface area contributed by atoms with E-state index in [9.17, 15) is 9.90 Å². The Kier molecular flexibility index (Phi) is 9.75. The Morgan fingerprint density at radius 2 is 1.87 bits per heavy atom. The first-order valence-electron chi connectivity index (χ1n) is 8.55. The summed E-state index contributed by atoms with van der Waals surface area (Å²) in [5, 5.41) is 10.3. The van der Waals surface area contributed by atoms with Crippen LogP contribution in [0.3, 0.4) is 0 Å². The topological polar surface area (TPSA) is 55.8 Å². The lowest BCUT2D eigenvalue weighted by Crippen LogP contribution is -2.44. The number of ether oxygens (including phenoxy) is 1. The van der Waals surface area contributed by atoms with Gasteiger partial charge < -0.3 is 14.3 Å². The highest BCUT2D eigenvalue weighted by Gasteiger charge is 2.39. The average molecular weight is 343 g/mol. The molecule has 134 valence electrons. The molecule has 0 aliphatic heterocycles. The van der Waals surface area contributed by atoms with E-state index >= 15 is 0 Å². The van der Waals surface area contributed by atoms with Gasteiger partial charge in [-0.2, -0.15) is 0 Å². The lowest BCUT2D eigenvalue weighted by molar-refractivity contribution is -0.136. The molecule has 0 amide bonds. The van der Waals surface area contributed by atoms with Crippen molar-refractivity contribution >= 4 is 14.3 Å². The lowest BCUT2D eigenvalue weighted by atomic mass is 10.1. The van der Waals surface area contributed by atoms with Crippen molar-refractivity contribution in [2.24, 2.45) is 0 Å². The van der Waals surface area contributed by atoms with Crippen LogP contribution in [0.25, 0.3) is 0 Å². The smallest absolute Gasteiger partial charge is 0.384 e. The van der Waals surface area contributed by atoms with Crippen LogP contribution < -0.4 is 0 Å². The Labute approximate surface area is 143 Å². The zero-order valence-corrected chi connectivity index (χ0v) is 16.9. The van der Waals surface area contributed by atoms with Gasteiger partial charge in [-0.15, -0.1) is 0 Å². The molecule has 0 rings (SSSR count). The fourth-order valence-electron chi connectivity index (χ4n) is 1.94. The number of rotatable bonds is 8. The average Bonchev–Trinajstić information content (AvgIpc) is 2.37. The molecule has 1 N–H and O–H groups in total. The van der Waals surface area contributed by atoms with Crippen molar-refractivity contribution in [2.75, 3.05) is 6.61 Å². The van der Waals surface area contributed by atoms with Gasteiger partial charge in [0.1, 0.15) is 0 Å². The minimum atomic E-state index is -1.85. The number of carbonyl (C=O) groups is 1. The van der Waals surface area contributed by atoms with Crippen molar-refractivity contribution in [2.45, 2.75) is 90.6 Å². The van der Waals surface area contributed by atoms with Crippen LogP contribution in [0.15, 0.2) is 0 Å². The van der Waals surface area contributed by atoms with Crippen LogP contribution in [0.2, 0.25) is 18.1 Å². The second kappa shape index (κ2) is 10.1. The molecule has 0 spiro atoms. The minimum absolute atomic E-state index is 0.0419. The predicted octanol–water partition coefficient (Wildman–Crippen LogP) is 3.88. The zero-order valence-electron chi connectivity index (χ0n) is 15.9. The molecule has 0 aromatic heterocycles. The van der Waals surface area contributed by atoms with Crippen molar-refractivity contribution in [1.82, 2.24) is 0 Å². The van der Waals surface area contributed by atoms with Crippen LogP contribution in [0.1, 0.15) is 60.3 Å². The fraction of sp³-hybridized carbons (Fsp3) is 0.833. The number of carbonyl (C=O) groups excluding carboxylic acids is 1. The Bertz CT molecular complexity index is 415. The van der Waals surface area contributed by atoms with Gasteiger partial charge in [-0.25, -0.2) is 4.79 Å². The highest BCUT2D eigenvalue weighted by Crippen LogP contribution is 2.38. The van der Waals surface area contributed by atoms with Gasteiger partial charge in [0.15, 0.2) is 8.32 Å². The molecule has 0 heterocycles. The Morgan fingerprint density at radius 3 is 2.35 bits per heavy atom. The third-order valence-electron chi connectivity index (χ3n) is 4.22. The normalized spacial score (nSPS) is 14.6. The van der Waals surface area contributed by atoms with E-state index in [0.29, 0.717) is 13.0 Å². The second-order valence-electron chi connectivity index (χ2n) is 7.40. The summed E-state index contributed by atoms with van der Waals surface area (Å²) in [4.78, 5) is 11.2. The van der Waals surface area contributed by atoms with Crippen molar-refractivity contribution in [3.63, 3.8) is 0 Å². The maximum Gasteiger partial charge on any atom is 0.384 e. The third-order valence-corrected chi connectivity index (χ3v) is 8.75. The molecule has 0 saturated heterocycles. The molecule has 0 fully saturated rings. The molecule has 0 saturated carbocycles. The summed E-state index contributed by atoms with van der Waals surface area (Å²) < 4.78 is 11.2. The summed E-state index contributed by atoms with van der Waals surface area (Å²) in [5.74, 6) is 4.54. The molecule has 5 heteroatoms. The Hall–Kier alpha value is -0.833. The van der Waals surface area contributed by atoms with Gasteiger partial charge in [0.2, 0.25) is 0 Å². The predicted molar refractivity (Wildman–Crippen MR) is 96.6 cm³/mol. The second-order valence-corrected chi connectivity index (χ2v) is 12.2. The molecule has 2 atom stereocenters. The Morgan fingerprint density at radius 1 is 1.26 bits per heavy atom. The van der Waals surface area contributed by atoms with E-state index in [-0.39, 0.29) is 17.6 Å². The van der Waals surface area contributed by atoms with Crippen molar-refractivity contribution in [1.29, 1.82) is 0 Å². The van der Waals surface area contributed by atoms with Crippen LogP contribution in [-0.2, 0) is 14.0 Å². The SMILES string of the molecule is CCC[C@@H](C[C@H](O)CC#CC(=O)OCC)O[Si](C)(C)C(C)(C)C. The van der Waals surface area contributed by atoms with Crippen molar-refractivity contribution in [3.05, 3.63) is 0 Å². The maximum atomic E-state index is 11.2. The summed E-state index contributed by atoms with van der Waals surface area (Å²) in [6, 6.07) is 0. The van der Waals surface area contributed by atoms with Gasteiger partial charge in [0, 0.05) is 18.4 Å². The molecule has 0 aromatic carbocycles. The maximum absolute atomic E-state index is 11.2. The molecule has 23 heavy (non-hydrogen) atoms. The summed E-state index contributed by atoms with van der Waals surface area (Å²) >= 11 is 0. The van der Waals surface area contributed by atoms with Gasteiger partial charge in [-0.05, 0) is 37.9 Å². The first-order chi connectivity index (χ1) is 10.5. The standard InChI is InChI=1S/C18H34O4Si/c1-8-11-16(22-23(6,7)18(3,4)5)14-15(19)12-10-13-17(20)21-9-2/h15-16,19H,8-9,11-12,14H2,1-7H3/t15-,16+/m1/s1. The molecule has 0 bridgehead atoms. The van der Waals surface area contributed by atoms with E-state index in [2.05, 4.69) is 52.6 Å². The van der Waals surface area contributed by atoms with Gasteiger partial charge in [-0.1, -0.05) is 40.0 Å². The minimum Gasteiger partial charge on any atom is -0.456 e. The molecule has 4 nitrogen and oxygen atoms in total. The molecule has 0 unspecified atom stereocenters. The van der Waals surface area contributed by atoms with E-state index in [0.717, 1.165) is 12.8 Å². The number of aliphatic hydroxyl groups is 1. The van der Waals surface area contributed by atoms with Crippen LogP contribution in [-0.4, -0.2) is 38.2 Å². The monoisotopic (exact) mass is 342 g/mol. The molecule has 0 aromatic rings. The van der Waals surface area contributed by atoms with E-state index in [1.807, 2.05) is 0 Å². The van der Waals surface area contributed by atoms with Crippen LogP contribution in [0.5, 0.6) is 0 Å². The fourth-order valence-corrected chi connectivity index (χ4v) is 3.34. The van der Waals surface area contributed by atoms with Gasteiger partial charge >= 0.3 is 5.97 Å². The van der Waals surface area contributed by atoms with Gasteiger partial charge in [-0.3, -0.25) is 0 Å². The molecule has 0 aliphatic carbocycles. The van der Waals surface area contributed by atoms with Gasteiger partial charge in [0.05, 0.1) is 12.7 Å². The number of esters is 1. The molecule has 0 aliphatic rings. The highest BCUT2D eigenvalue weighted by molar-refractivity contribution is 6.74. The van der Waals surface area contributed by atoms with Crippen LogP contribution in [0, 0.1) is 11.8 Å². The zero-order chi connectivity index (χ0) is 18.1. The van der Waals surface area contributed by atoms with Crippen molar-refractivity contribution in [3.8, 4) is 11.8 Å². The van der Waals surface area contributed by atoms with E-state index in [1.165, 1.54) is 0 Å². The third kappa shape index (κ3) is 9.14. The first-order valence-corrected chi connectivity index (χ1v) is 11.5. The molecular weight excluding hydrogens is 308 g/mol. The number of hydrogen-bond acceptors (Lipinski definition) is 4. The van der Waals surface area contributed by atoms with Gasteiger partial charge in [0.25, 0.3) is 0 Å². The Balaban J connectivity index is 4.61. The van der Waals surface area contributed by atoms with E-state index in [1.54, 1.807) is 6.92 Å². The lowest BCUT2D eigenvalue weighted by Gasteiger charge is -2.39. The van der Waals surface area contributed by atoms with Crippen LogP contribution >= 0.6 is 0 Å². The number of hydrogen-bond donors (Lipinski definition) is 1. The summed E-state index contributed by atoms with van der Waals surface area (Å²) in [6.07, 6.45) is 2.21. The molecule has 0 radical (unpaired) electrons. The summed E-state index contributed by atoms with van der Waals surface area (Å²) in [7, 11) is -1.85. The first kappa shape index (κ1) is 22.2. The quantitative estimate of drug-likeness (QED) is 0.315. The van der Waals surface area contributed by atoms with E-state index in [4.69, 9.17) is 9.16 Å². The summed E-state index contributed by atoms with van der Waals surface area (Å²) in [6.45, 7) is 15.3. The highest BCUT2D eigenvalue weighted by atomic mass is 28.4. The van der Waals surface area contributed by atoms with Crippen molar-refractivity contribution < 1.29 is 19.1 Å². The largest absolute Gasteiger partial charge is 0.456 e. The summed E-state index contributed by atoms with van der Waals surface area (Å²) in [5.41, 5.74) is 0. The molecular formula is C18H34O4Si. The van der Waals surface area contributed by atoms with Crippen LogP contribution in [0.4, 0.5) is 0 Å².